The lowest BCUT2D eigenvalue weighted by atomic mass is 10.1. The molecule has 0 radical (unpaired) electrons. The molecule has 0 unspecified atom stereocenters. The van der Waals surface area contributed by atoms with Gasteiger partial charge in [0.2, 0.25) is 0 Å². The number of hydrogen-bond donors (Lipinski definition) is 1. The lowest BCUT2D eigenvalue weighted by Gasteiger charge is -2.17. The third kappa shape index (κ3) is 2.88. The number of halogens is 2. The van der Waals surface area contributed by atoms with E-state index in [1.165, 1.54) is 0 Å². The van der Waals surface area contributed by atoms with Crippen LogP contribution in [-0.2, 0) is 24.2 Å². The molecule has 2 heterocycles. The van der Waals surface area contributed by atoms with E-state index in [1.807, 2.05) is 12.1 Å². The van der Waals surface area contributed by atoms with E-state index < -0.39 is 0 Å². The number of aromatic amines is 1. The van der Waals surface area contributed by atoms with Crippen molar-refractivity contribution in [2.45, 2.75) is 19.4 Å². The third-order valence-electron chi connectivity index (χ3n) is 3.25. The maximum absolute atomic E-state index is 6.03. The van der Waals surface area contributed by atoms with E-state index in [0.29, 0.717) is 34.3 Å². The fraction of sp³-hybridized carbons (Fsp3) is 0.286. The Balaban J connectivity index is 1.93. The van der Waals surface area contributed by atoms with Crippen molar-refractivity contribution in [3.05, 3.63) is 55.5 Å². The lowest BCUT2D eigenvalue weighted by Crippen LogP contribution is -2.15. The summed E-state index contributed by atoms with van der Waals surface area (Å²) in [5.41, 5.74) is 3.18. The molecule has 1 aromatic carbocycles. The van der Waals surface area contributed by atoms with Crippen molar-refractivity contribution in [2.24, 2.45) is 0 Å². The summed E-state index contributed by atoms with van der Waals surface area (Å²) in [6.07, 6.45) is 1.49. The minimum absolute atomic E-state index is 0.546. The standard InChI is InChI=1S/C14H12Cl2N2OS/c15-10-2-1-8(5-11(10)16)6-13-17-12-3-4-19-7-9(12)14(20)18-13/h1-2,5H,3-4,6-7H2,(H,17,18,20). The van der Waals surface area contributed by atoms with Gasteiger partial charge in [0.15, 0.2) is 0 Å². The van der Waals surface area contributed by atoms with Crippen LogP contribution >= 0.6 is 35.4 Å². The number of rotatable bonds is 2. The van der Waals surface area contributed by atoms with Gasteiger partial charge in [-0.2, -0.15) is 0 Å². The van der Waals surface area contributed by atoms with E-state index in [9.17, 15) is 0 Å². The van der Waals surface area contributed by atoms with E-state index in [4.69, 9.17) is 40.2 Å². The molecule has 0 atom stereocenters. The smallest absolute Gasteiger partial charge is 0.135 e. The Morgan fingerprint density at radius 3 is 2.95 bits per heavy atom. The molecular weight excluding hydrogens is 315 g/mol. The van der Waals surface area contributed by atoms with Crippen molar-refractivity contribution in [1.82, 2.24) is 9.97 Å². The van der Waals surface area contributed by atoms with E-state index in [2.05, 4.69) is 9.97 Å². The van der Waals surface area contributed by atoms with Crippen molar-refractivity contribution < 1.29 is 4.74 Å². The molecule has 20 heavy (non-hydrogen) atoms. The number of fused-ring (bicyclic) bond motifs is 1. The Hall–Kier alpha value is -0.940. The monoisotopic (exact) mass is 326 g/mol. The van der Waals surface area contributed by atoms with E-state index in [1.54, 1.807) is 6.07 Å². The van der Waals surface area contributed by atoms with Crippen LogP contribution in [0.5, 0.6) is 0 Å². The molecule has 0 saturated heterocycles. The van der Waals surface area contributed by atoms with Gasteiger partial charge in [-0.15, -0.1) is 0 Å². The van der Waals surface area contributed by atoms with Gasteiger partial charge in [0.1, 0.15) is 10.5 Å². The van der Waals surface area contributed by atoms with Crippen LogP contribution in [-0.4, -0.2) is 16.6 Å². The first-order valence-electron chi connectivity index (χ1n) is 6.26. The maximum atomic E-state index is 6.03. The number of hydrogen-bond acceptors (Lipinski definition) is 3. The third-order valence-corrected chi connectivity index (χ3v) is 4.33. The first kappa shape index (κ1) is 14.0. The predicted molar refractivity (Wildman–Crippen MR) is 82.0 cm³/mol. The van der Waals surface area contributed by atoms with Crippen molar-refractivity contribution in [3.8, 4) is 0 Å². The van der Waals surface area contributed by atoms with Crippen LogP contribution in [0.3, 0.4) is 0 Å². The van der Waals surface area contributed by atoms with Gasteiger partial charge in [-0.3, -0.25) is 0 Å². The SMILES string of the molecule is S=c1nc(Cc2ccc(Cl)c(Cl)c2)[nH]c2c1COCC2. The topological polar surface area (TPSA) is 37.9 Å². The van der Waals surface area contributed by atoms with Crippen molar-refractivity contribution >= 4 is 35.4 Å². The predicted octanol–water partition coefficient (Wildman–Crippen LogP) is 4.11. The molecule has 0 aliphatic carbocycles. The van der Waals surface area contributed by atoms with E-state index in [0.717, 1.165) is 29.1 Å². The van der Waals surface area contributed by atoms with Crippen molar-refractivity contribution in [2.75, 3.05) is 6.61 Å². The largest absolute Gasteiger partial charge is 0.376 e. The molecule has 0 bridgehead atoms. The van der Waals surface area contributed by atoms with Gasteiger partial charge in [-0.1, -0.05) is 41.5 Å². The Kier molecular flexibility index (Phi) is 4.08. The zero-order chi connectivity index (χ0) is 14.1. The molecule has 1 N–H and O–H groups in total. The highest BCUT2D eigenvalue weighted by Gasteiger charge is 2.14. The second-order valence-corrected chi connectivity index (χ2v) is 5.87. The zero-order valence-corrected chi connectivity index (χ0v) is 12.9. The zero-order valence-electron chi connectivity index (χ0n) is 10.6. The summed E-state index contributed by atoms with van der Waals surface area (Å²) >= 11 is 17.3. The second kappa shape index (κ2) is 5.82. The first-order valence-corrected chi connectivity index (χ1v) is 7.42. The van der Waals surface area contributed by atoms with Crippen LogP contribution < -0.4 is 0 Å². The number of nitrogens with zero attached hydrogens (tertiary/aromatic N) is 1. The number of H-pyrrole nitrogens is 1. The minimum atomic E-state index is 0.546. The van der Waals surface area contributed by atoms with Gasteiger partial charge < -0.3 is 9.72 Å². The molecule has 2 aromatic rings. The summed E-state index contributed by atoms with van der Waals surface area (Å²) in [4.78, 5) is 7.79. The highest BCUT2D eigenvalue weighted by molar-refractivity contribution is 7.71. The van der Waals surface area contributed by atoms with Crippen LogP contribution in [0.1, 0.15) is 22.6 Å². The van der Waals surface area contributed by atoms with Gasteiger partial charge in [0, 0.05) is 24.1 Å². The van der Waals surface area contributed by atoms with Gasteiger partial charge in [-0.25, -0.2) is 4.98 Å². The molecule has 1 aliphatic rings. The summed E-state index contributed by atoms with van der Waals surface area (Å²) in [5.74, 6) is 0.842. The maximum Gasteiger partial charge on any atom is 0.135 e. The van der Waals surface area contributed by atoms with Crippen LogP contribution in [0.4, 0.5) is 0 Å². The van der Waals surface area contributed by atoms with Gasteiger partial charge in [0.25, 0.3) is 0 Å². The lowest BCUT2D eigenvalue weighted by molar-refractivity contribution is 0.108. The molecule has 0 saturated carbocycles. The average molecular weight is 327 g/mol. The van der Waals surface area contributed by atoms with Crippen LogP contribution in [0, 0.1) is 4.64 Å². The fourth-order valence-corrected chi connectivity index (χ4v) is 2.85. The number of nitrogens with one attached hydrogen (secondary N) is 1. The quantitative estimate of drug-likeness (QED) is 0.844. The molecule has 6 heteroatoms. The van der Waals surface area contributed by atoms with Gasteiger partial charge in [-0.05, 0) is 17.7 Å². The normalized spacial score (nSPS) is 14.1. The molecule has 3 nitrogen and oxygen atoms in total. The minimum Gasteiger partial charge on any atom is -0.376 e. The van der Waals surface area contributed by atoms with E-state index in [-0.39, 0.29) is 0 Å². The van der Waals surface area contributed by atoms with Crippen LogP contribution in [0.2, 0.25) is 10.0 Å². The molecule has 1 aliphatic heterocycles. The van der Waals surface area contributed by atoms with Gasteiger partial charge >= 0.3 is 0 Å². The molecule has 0 fully saturated rings. The van der Waals surface area contributed by atoms with Crippen LogP contribution in [0.25, 0.3) is 0 Å². The summed E-state index contributed by atoms with van der Waals surface area (Å²) in [5, 5.41) is 1.10. The van der Waals surface area contributed by atoms with Crippen LogP contribution in [0.15, 0.2) is 18.2 Å². The van der Waals surface area contributed by atoms with Gasteiger partial charge in [0.05, 0.1) is 23.3 Å². The molecule has 1 aromatic heterocycles. The van der Waals surface area contributed by atoms with Crippen molar-refractivity contribution in [1.29, 1.82) is 0 Å². The highest BCUT2D eigenvalue weighted by Crippen LogP contribution is 2.24. The number of aromatic nitrogens is 2. The van der Waals surface area contributed by atoms with E-state index >= 15 is 0 Å². The Labute approximate surface area is 131 Å². The molecule has 0 amide bonds. The molecular formula is C14H12Cl2N2OS. The summed E-state index contributed by atoms with van der Waals surface area (Å²) in [6, 6.07) is 5.58. The first-order chi connectivity index (χ1) is 9.63. The molecule has 3 rings (SSSR count). The molecule has 104 valence electrons. The van der Waals surface area contributed by atoms with Crippen molar-refractivity contribution in [3.63, 3.8) is 0 Å². The number of benzene rings is 1. The molecule has 0 spiro atoms. The summed E-state index contributed by atoms with van der Waals surface area (Å²) in [7, 11) is 0. The summed E-state index contributed by atoms with van der Waals surface area (Å²) < 4.78 is 6.02. The highest BCUT2D eigenvalue weighted by atomic mass is 35.5. The Morgan fingerprint density at radius 2 is 2.15 bits per heavy atom. The Morgan fingerprint density at radius 1 is 1.30 bits per heavy atom. The average Bonchev–Trinajstić information content (AvgIpc) is 2.43. The number of ether oxygens (including phenoxy) is 1. The summed E-state index contributed by atoms with van der Waals surface area (Å²) in [6.45, 7) is 1.26. The second-order valence-electron chi connectivity index (χ2n) is 4.67. The Bertz CT molecular complexity index is 715. The fourth-order valence-electron chi connectivity index (χ4n) is 2.23.